The third-order valence-corrected chi connectivity index (χ3v) is 3.06. The quantitative estimate of drug-likeness (QED) is 0.757. The van der Waals surface area contributed by atoms with Crippen LogP contribution in [0.3, 0.4) is 0 Å². The molecule has 1 aliphatic rings. The van der Waals surface area contributed by atoms with Crippen molar-refractivity contribution in [3.63, 3.8) is 0 Å². The maximum Gasteiger partial charge on any atom is 0.150 e. The number of aromatic hydroxyl groups is 1. The van der Waals surface area contributed by atoms with Gasteiger partial charge in [-0.2, -0.15) is 0 Å². The number of fused-ring (bicyclic) bond motifs is 1. The third kappa shape index (κ3) is 2.28. The van der Waals surface area contributed by atoms with Crippen molar-refractivity contribution in [2.45, 2.75) is 6.17 Å². The Hall–Kier alpha value is -2.27. The standard InChI is InChI=1S/C14H12FN3O.ClH/c15-9-5-3-6-10-12(9)13(16)18-14(17-10)8-4-1-2-7-11(8)19;/h1-7,14,17,19H,(H2,16,18);1H. The third-order valence-electron chi connectivity index (χ3n) is 3.06. The molecule has 104 valence electrons. The van der Waals surface area contributed by atoms with Crippen LogP contribution in [0.4, 0.5) is 10.1 Å². The van der Waals surface area contributed by atoms with Crippen LogP contribution in [0.2, 0.25) is 0 Å². The average Bonchev–Trinajstić information content (AvgIpc) is 2.39. The molecule has 1 aliphatic heterocycles. The normalized spacial score (nSPS) is 16.4. The fourth-order valence-electron chi connectivity index (χ4n) is 2.15. The smallest absolute Gasteiger partial charge is 0.150 e. The summed E-state index contributed by atoms with van der Waals surface area (Å²) < 4.78 is 13.7. The number of halogens is 2. The molecule has 0 amide bonds. The number of benzene rings is 2. The molecule has 2 aromatic rings. The van der Waals surface area contributed by atoms with Crippen LogP contribution in [0.5, 0.6) is 5.75 Å². The van der Waals surface area contributed by atoms with Crippen LogP contribution in [-0.4, -0.2) is 10.9 Å². The molecule has 1 unspecified atom stereocenters. The minimum Gasteiger partial charge on any atom is -0.508 e. The van der Waals surface area contributed by atoms with Gasteiger partial charge in [-0.25, -0.2) is 9.38 Å². The van der Waals surface area contributed by atoms with Crippen LogP contribution in [-0.2, 0) is 0 Å². The Morgan fingerprint density at radius 1 is 1.15 bits per heavy atom. The maximum absolute atomic E-state index is 13.7. The summed E-state index contributed by atoms with van der Waals surface area (Å²) in [6, 6.07) is 11.5. The molecule has 0 saturated carbocycles. The fourth-order valence-corrected chi connectivity index (χ4v) is 2.15. The molecule has 0 aliphatic carbocycles. The van der Waals surface area contributed by atoms with Gasteiger partial charge in [0.05, 0.1) is 5.56 Å². The van der Waals surface area contributed by atoms with Gasteiger partial charge >= 0.3 is 0 Å². The summed E-state index contributed by atoms with van der Waals surface area (Å²) in [6.07, 6.45) is -0.518. The number of hydrogen-bond acceptors (Lipinski definition) is 4. The van der Waals surface area contributed by atoms with E-state index < -0.39 is 12.0 Å². The molecule has 0 aromatic heterocycles. The number of amidine groups is 1. The van der Waals surface area contributed by atoms with Crippen LogP contribution in [0, 0.1) is 5.82 Å². The molecule has 0 spiro atoms. The first-order chi connectivity index (χ1) is 9.16. The molecule has 2 aromatic carbocycles. The second-order valence-electron chi connectivity index (χ2n) is 4.28. The first-order valence-corrected chi connectivity index (χ1v) is 5.83. The van der Waals surface area contributed by atoms with Gasteiger partial charge in [0.15, 0.2) is 6.17 Å². The number of phenolic OH excluding ortho intramolecular Hbond substituents is 1. The van der Waals surface area contributed by atoms with E-state index >= 15 is 0 Å². The zero-order valence-electron chi connectivity index (χ0n) is 10.4. The monoisotopic (exact) mass is 293 g/mol. The number of phenols is 1. The van der Waals surface area contributed by atoms with Gasteiger partial charge in [0.25, 0.3) is 0 Å². The van der Waals surface area contributed by atoms with E-state index in [1.165, 1.54) is 6.07 Å². The van der Waals surface area contributed by atoms with Crippen molar-refractivity contribution in [1.29, 1.82) is 0 Å². The van der Waals surface area contributed by atoms with E-state index in [9.17, 15) is 9.50 Å². The summed E-state index contributed by atoms with van der Waals surface area (Å²) in [7, 11) is 0. The van der Waals surface area contributed by atoms with Crippen LogP contribution < -0.4 is 11.1 Å². The Balaban J connectivity index is 0.00000147. The highest BCUT2D eigenvalue weighted by Crippen LogP contribution is 2.33. The second-order valence-corrected chi connectivity index (χ2v) is 4.28. The molecule has 0 radical (unpaired) electrons. The number of aliphatic imine (C=N–C) groups is 1. The highest BCUT2D eigenvalue weighted by molar-refractivity contribution is 6.04. The Kier molecular flexibility index (Phi) is 3.81. The summed E-state index contributed by atoms with van der Waals surface area (Å²) in [5, 5.41) is 12.9. The van der Waals surface area contributed by atoms with E-state index in [1.54, 1.807) is 36.4 Å². The van der Waals surface area contributed by atoms with Gasteiger partial charge in [-0.15, -0.1) is 12.4 Å². The van der Waals surface area contributed by atoms with Gasteiger partial charge < -0.3 is 16.2 Å². The molecule has 6 heteroatoms. The number of rotatable bonds is 1. The van der Waals surface area contributed by atoms with Crippen LogP contribution in [0.1, 0.15) is 17.3 Å². The lowest BCUT2D eigenvalue weighted by Crippen LogP contribution is -2.26. The minimum absolute atomic E-state index is 0. The van der Waals surface area contributed by atoms with Crippen molar-refractivity contribution in [2.75, 3.05) is 5.32 Å². The summed E-state index contributed by atoms with van der Waals surface area (Å²) in [4.78, 5) is 4.20. The van der Waals surface area contributed by atoms with Gasteiger partial charge in [0.2, 0.25) is 0 Å². The van der Waals surface area contributed by atoms with Crippen molar-refractivity contribution >= 4 is 23.9 Å². The largest absolute Gasteiger partial charge is 0.508 e. The Bertz CT molecular complexity index is 675. The van der Waals surface area contributed by atoms with E-state index in [0.29, 0.717) is 11.3 Å². The number of para-hydroxylation sites is 1. The number of hydrogen-bond donors (Lipinski definition) is 3. The van der Waals surface area contributed by atoms with Gasteiger partial charge in [-0.05, 0) is 18.2 Å². The van der Waals surface area contributed by atoms with Crippen molar-refractivity contribution in [3.05, 3.63) is 59.4 Å². The molecule has 0 saturated heterocycles. The molecule has 0 fully saturated rings. The molecule has 3 rings (SSSR count). The Labute approximate surface area is 121 Å². The van der Waals surface area contributed by atoms with Crippen LogP contribution in [0.25, 0.3) is 0 Å². The molecule has 0 bridgehead atoms. The highest BCUT2D eigenvalue weighted by atomic mass is 35.5. The Morgan fingerprint density at radius 3 is 2.65 bits per heavy atom. The molecule has 1 atom stereocenters. The molecule has 20 heavy (non-hydrogen) atoms. The van der Waals surface area contributed by atoms with Crippen LogP contribution >= 0.6 is 12.4 Å². The lowest BCUT2D eigenvalue weighted by molar-refractivity contribution is 0.464. The first kappa shape index (κ1) is 14.1. The number of nitrogens with zero attached hydrogens (tertiary/aromatic N) is 1. The molecular formula is C14H13ClFN3O. The number of anilines is 1. The fraction of sp³-hybridized carbons (Fsp3) is 0.0714. The first-order valence-electron chi connectivity index (χ1n) is 5.83. The molecule has 1 heterocycles. The summed E-state index contributed by atoms with van der Waals surface area (Å²) in [5.41, 5.74) is 7.25. The molecular weight excluding hydrogens is 281 g/mol. The summed E-state index contributed by atoms with van der Waals surface area (Å²) in [5.74, 6) is -0.168. The van der Waals surface area contributed by atoms with E-state index in [2.05, 4.69) is 10.3 Å². The van der Waals surface area contributed by atoms with E-state index in [0.717, 1.165) is 0 Å². The zero-order chi connectivity index (χ0) is 13.4. The summed E-state index contributed by atoms with van der Waals surface area (Å²) >= 11 is 0. The van der Waals surface area contributed by atoms with Gasteiger partial charge in [-0.1, -0.05) is 24.3 Å². The predicted octanol–water partition coefficient (Wildman–Crippen LogP) is 2.78. The van der Waals surface area contributed by atoms with E-state index in [1.807, 2.05) is 0 Å². The van der Waals surface area contributed by atoms with Gasteiger partial charge in [0.1, 0.15) is 17.4 Å². The van der Waals surface area contributed by atoms with Crippen molar-refractivity contribution in [2.24, 2.45) is 10.7 Å². The topological polar surface area (TPSA) is 70.6 Å². The number of nitrogens with two attached hydrogens (primary N) is 1. The lowest BCUT2D eigenvalue weighted by Gasteiger charge is -2.24. The number of nitrogens with one attached hydrogen (secondary N) is 1. The van der Waals surface area contributed by atoms with Crippen LogP contribution in [0.15, 0.2) is 47.5 Å². The van der Waals surface area contributed by atoms with Crippen molar-refractivity contribution in [1.82, 2.24) is 0 Å². The minimum atomic E-state index is -0.518. The van der Waals surface area contributed by atoms with Gasteiger partial charge in [0, 0.05) is 11.3 Å². The predicted molar refractivity (Wildman–Crippen MR) is 78.8 cm³/mol. The molecule has 4 N–H and O–H groups in total. The lowest BCUT2D eigenvalue weighted by atomic mass is 10.1. The van der Waals surface area contributed by atoms with Crippen molar-refractivity contribution in [3.8, 4) is 5.75 Å². The molecule has 4 nitrogen and oxygen atoms in total. The SMILES string of the molecule is Cl.NC1=NC(c2ccccc2O)Nc2cccc(F)c21. The zero-order valence-corrected chi connectivity index (χ0v) is 11.2. The average molecular weight is 294 g/mol. The Morgan fingerprint density at radius 2 is 1.90 bits per heavy atom. The van der Waals surface area contributed by atoms with Crippen molar-refractivity contribution < 1.29 is 9.50 Å². The van der Waals surface area contributed by atoms with E-state index in [4.69, 9.17) is 5.73 Å². The summed E-state index contributed by atoms with van der Waals surface area (Å²) in [6.45, 7) is 0. The second kappa shape index (κ2) is 5.38. The van der Waals surface area contributed by atoms with Gasteiger partial charge in [-0.3, -0.25) is 0 Å². The maximum atomic E-state index is 13.7. The highest BCUT2D eigenvalue weighted by Gasteiger charge is 2.23. The van der Waals surface area contributed by atoms with E-state index in [-0.39, 0.29) is 29.6 Å².